The van der Waals surface area contributed by atoms with Crippen molar-refractivity contribution >= 4 is 34.8 Å². The summed E-state index contributed by atoms with van der Waals surface area (Å²) in [6.45, 7) is 3.63. The van der Waals surface area contributed by atoms with Gasteiger partial charge in [-0.1, -0.05) is 36.9 Å². The third-order valence-corrected chi connectivity index (χ3v) is 3.89. The summed E-state index contributed by atoms with van der Waals surface area (Å²) in [6.07, 6.45) is 1.99. The molecule has 0 heterocycles. The molecule has 2 aromatic carbocycles. The van der Waals surface area contributed by atoms with E-state index < -0.39 is 5.97 Å². The van der Waals surface area contributed by atoms with Crippen LogP contribution in [0.15, 0.2) is 53.9 Å². The molecular formula is C16H14O3S. The zero-order chi connectivity index (χ0) is 14.4. The van der Waals surface area contributed by atoms with Crippen LogP contribution in [0.3, 0.4) is 0 Å². The summed E-state index contributed by atoms with van der Waals surface area (Å²) >= 11 is 1.51. The molecule has 0 atom stereocenters. The fourth-order valence-corrected chi connectivity index (χ4v) is 2.85. The molecular weight excluding hydrogens is 272 g/mol. The second-order valence-corrected chi connectivity index (χ2v) is 5.15. The molecule has 2 rings (SSSR count). The maximum atomic E-state index is 11.1. The largest absolute Gasteiger partial charge is 0.462 e. The number of carbonyl (C=O) groups is 2. The minimum Gasteiger partial charge on any atom is -0.462 e. The minimum absolute atomic E-state index is 0.289. The smallest absolute Gasteiger partial charge is 0.330 e. The van der Waals surface area contributed by atoms with Crippen LogP contribution in [0.25, 0.3) is 10.8 Å². The highest BCUT2D eigenvalue weighted by molar-refractivity contribution is 7.99. The Labute approximate surface area is 121 Å². The molecule has 4 heteroatoms. The molecule has 0 aromatic heterocycles. The first-order chi connectivity index (χ1) is 9.76. The van der Waals surface area contributed by atoms with Crippen molar-refractivity contribution in [3.63, 3.8) is 0 Å². The molecule has 0 aliphatic rings. The second kappa shape index (κ2) is 6.91. The number of hydrogen-bond acceptors (Lipinski definition) is 4. The highest BCUT2D eigenvalue weighted by atomic mass is 32.2. The topological polar surface area (TPSA) is 43.4 Å². The van der Waals surface area contributed by atoms with Crippen LogP contribution >= 0.6 is 11.8 Å². The Morgan fingerprint density at radius 1 is 1.25 bits per heavy atom. The number of rotatable bonds is 6. The van der Waals surface area contributed by atoms with Gasteiger partial charge in [0.1, 0.15) is 6.61 Å². The molecule has 0 aliphatic carbocycles. The summed E-state index contributed by atoms with van der Waals surface area (Å²) in [5.74, 6) is 0.160. The van der Waals surface area contributed by atoms with Crippen molar-refractivity contribution in [1.29, 1.82) is 0 Å². The number of hydrogen-bond donors (Lipinski definition) is 0. The molecule has 0 saturated carbocycles. The SMILES string of the molecule is C=CC(=O)OCCSc1c(C=O)ccc2ccccc12. The zero-order valence-corrected chi connectivity index (χ0v) is 11.7. The van der Waals surface area contributed by atoms with Gasteiger partial charge in [-0.15, -0.1) is 11.8 Å². The summed E-state index contributed by atoms with van der Waals surface area (Å²) in [6, 6.07) is 11.6. The standard InChI is InChI=1S/C16H14O3S/c1-2-15(18)19-9-10-20-16-13(11-17)8-7-12-5-3-4-6-14(12)16/h2-8,11H,1,9-10H2. The Balaban J connectivity index is 2.17. The maximum Gasteiger partial charge on any atom is 0.330 e. The van der Waals surface area contributed by atoms with E-state index in [2.05, 4.69) is 6.58 Å². The normalized spacial score (nSPS) is 10.2. The molecule has 0 saturated heterocycles. The molecule has 102 valence electrons. The Morgan fingerprint density at radius 2 is 2.05 bits per heavy atom. The monoisotopic (exact) mass is 286 g/mol. The predicted octanol–water partition coefficient (Wildman–Crippen LogP) is 3.47. The predicted molar refractivity (Wildman–Crippen MR) is 81.2 cm³/mol. The van der Waals surface area contributed by atoms with E-state index in [1.807, 2.05) is 36.4 Å². The van der Waals surface area contributed by atoms with Gasteiger partial charge in [-0.3, -0.25) is 4.79 Å². The summed E-state index contributed by atoms with van der Waals surface area (Å²) in [5, 5.41) is 2.13. The number of thioether (sulfide) groups is 1. The van der Waals surface area contributed by atoms with Crippen molar-refractivity contribution in [2.75, 3.05) is 12.4 Å². The van der Waals surface area contributed by atoms with Crippen LogP contribution in [-0.2, 0) is 9.53 Å². The zero-order valence-electron chi connectivity index (χ0n) is 10.9. The lowest BCUT2D eigenvalue weighted by atomic mass is 10.1. The quantitative estimate of drug-likeness (QED) is 0.268. The Bertz CT molecular complexity index is 649. The number of esters is 1. The van der Waals surface area contributed by atoms with Gasteiger partial charge in [0.15, 0.2) is 6.29 Å². The third kappa shape index (κ3) is 3.27. The molecule has 0 spiro atoms. The molecule has 0 bridgehead atoms. The van der Waals surface area contributed by atoms with Crippen LogP contribution < -0.4 is 0 Å². The van der Waals surface area contributed by atoms with Crippen molar-refractivity contribution in [3.8, 4) is 0 Å². The lowest BCUT2D eigenvalue weighted by molar-refractivity contribution is -0.137. The molecule has 0 radical (unpaired) electrons. The summed E-state index contributed by atoms with van der Waals surface area (Å²) in [5.41, 5.74) is 0.656. The van der Waals surface area contributed by atoms with Gasteiger partial charge < -0.3 is 4.74 Å². The van der Waals surface area contributed by atoms with Gasteiger partial charge in [-0.05, 0) is 16.8 Å². The summed E-state index contributed by atoms with van der Waals surface area (Å²) in [4.78, 5) is 23.0. The first-order valence-corrected chi connectivity index (χ1v) is 7.13. The van der Waals surface area contributed by atoms with E-state index >= 15 is 0 Å². The lowest BCUT2D eigenvalue weighted by Gasteiger charge is -2.09. The summed E-state index contributed by atoms with van der Waals surface area (Å²) < 4.78 is 4.93. The fraction of sp³-hybridized carbons (Fsp3) is 0.125. The number of fused-ring (bicyclic) bond motifs is 1. The number of benzene rings is 2. The van der Waals surface area contributed by atoms with E-state index in [1.54, 1.807) is 0 Å². The second-order valence-electron chi connectivity index (χ2n) is 4.04. The molecule has 2 aromatic rings. The molecule has 0 unspecified atom stereocenters. The highest BCUT2D eigenvalue weighted by Gasteiger charge is 2.08. The van der Waals surface area contributed by atoms with E-state index in [9.17, 15) is 9.59 Å². The number of carbonyl (C=O) groups excluding carboxylic acids is 2. The molecule has 0 N–H and O–H groups in total. The molecule has 0 amide bonds. The highest BCUT2D eigenvalue weighted by Crippen LogP contribution is 2.30. The van der Waals surface area contributed by atoms with Crippen LogP contribution in [0.5, 0.6) is 0 Å². The lowest BCUT2D eigenvalue weighted by Crippen LogP contribution is -2.03. The van der Waals surface area contributed by atoms with Crippen LogP contribution in [-0.4, -0.2) is 24.6 Å². The van der Waals surface area contributed by atoms with Crippen molar-refractivity contribution in [3.05, 3.63) is 54.6 Å². The van der Waals surface area contributed by atoms with Crippen LogP contribution in [0.1, 0.15) is 10.4 Å². The van der Waals surface area contributed by atoms with Crippen molar-refractivity contribution in [2.45, 2.75) is 4.90 Å². The van der Waals surface area contributed by atoms with E-state index in [1.165, 1.54) is 11.8 Å². The number of aldehydes is 1. The average molecular weight is 286 g/mol. The Morgan fingerprint density at radius 3 is 2.80 bits per heavy atom. The fourth-order valence-electron chi connectivity index (χ4n) is 1.86. The third-order valence-electron chi connectivity index (χ3n) is 2.78. The Kier molecular flexibility index (Phi) is 4.96. The van der Waals surface area contributed by atoms with Gasteiger partial charge in [0, 0.05) is 22.3 Å². The van der Waals surface area contributed by atoms with Crippen LogP contribution in [0.4, 0.5) is 0 Å². The van der Waals surface area contributed by atoms with Gasteiger partial charge in [0.25, 0.3) is 0 Å². The maximum absolute atomic E-state index is 11.1. The Hall–Kier alpha value is -2.07. The minimum atomic E-state index is -0.431. The van der Waals surface area contributed by atoms with Gasteiger partial charge >= 0.3 is 5.97 Å². The van der Waals surface area contributed by atoms with Crippen molar-refractivity contribution < 1.29 is 14.3 Å². The molecule has 0 aliphatic heterocycles. The van der Waals surface area contributed by atoms with Crippen LogP contribution in [0.2, 0.25) is 0 Å². The van der Waals surface area contributed by atoms with E-state index in [0.717, 1.165) is 28.0 Å². The van der Waals surface area contributed by atoms with Crippen molar-refractivity contribution in [2.24, 2.45) is 0 Å². The van der Waals surface area contributed by atoms with Crippen LogP contribution in [0, 0.1) is 0 Å². The molecule has 20 heavy (non-hydrogen) atoms. The molecule has 3 nitrogen and oxygen atoms in total. The first-order valence-electron chi connectivity index (χ1n) is 6.15. The molecule has 0 fully saturated rings. The average Bonchev–Trinajstić information content (AvgIpc) is 2.50. The van der Waals surface area contributed by atoms with Gasteiger partial charge in [0.05, 0.1) is 0 Å². The van der Waals surface area contributed by atoms with Gasteiger partial charge in [-0.25, -0.2) is 4.79 Å². The van der Waals surface area contributed by atoms with E-state index in [-0.39, 0.29) is 6.61 Å². The van der Waals surface area contributed by atoms with Gasteiger partial charge in [-0.2, -0.15) is 0 Å². The number of ether oxygens (including phenoxy) is 1. The van der Waals surface area contributed by atoms with Crippen molar-refractivity contribution in [1.82, 2.24) is 0 Å². The first kappa shape index (κ1) is 14.3. The van der Waals surface area contributed by atoms with Gasteiger partial charge in [0.2, 0.25) is 0 Å². The summed E-state index contributed by atoms with van der Waals surface area (Å²) in [7, 11) is 0. The van der Waals surface area contributed by atoms with E-state index in [0.29, 0.717) is 11.3 Å². The van der Waals surface area contributed by atoms with E-state index in [4.69, 9.17) is 4.74 Å².